The van der Waals surface area contributed by atoms with Gasteiger partial charge in [0.1, 0.15) is 0 Å². The average molecular weight is 249 g/mol. The third kappa shape index (κ3) is 3.57. The van der Waals surface area contributed by atoms with E-state index in [0.717, 1.165) is 38.4 Å². The molecule has 1 aliphatic heterocycles. The molecule has 0 amide bonds. The summed E-state index contributed by atoms with van der Waals surface area (Å²) in [5.74, 6) is 0. The van der Waals surface area contributed by atoms with Crippen LogP contribution in [0.25, 0.3) is 0 Å². The van der Waals surface area contributed by atoms with Crippen molar-refractivity contribution in [2.24, 2.45) is 0 Å². The predicted molar refractivity (Wildman–Crippen MR) is 62.4 cm³/mol. The Kier molecular flexibility index (Phi) is 5.25. The molecule has 1 aromatic rings. The lowest BCUT2D eigenvalue weighted by molar-refractivity contribution is 0.230. The van der Waals surface area contributed by atoms with E-state index < -0.39 is 0 Å². The predicted octanol–water partition coefficient (Wildman–Crippen LogP) is 0.957. The van der Waals surface area contributed by atoms with Crippen molar-refractivity contribution in [2.45, 2.75) is 6.54 Å². The standard InChI is InChI=1S/C9H13ClN4.ClH/c10-9-8(12-1-2-13-9)7-14-5-3-11-4-6-14;/h1-2,11H,3-7H2;1H. The zero-order valence-electron chi connectivity index (χ0n) is 8.32. The van der Waals surface area contributed by atoms with Crippen LogP contribution in [0.4, 0.5) is 0 Å². The van der Waals surface area contributed by atoms with E-state index in [0.29, 0.717) is 5.15 Å². The van der Waals surface area contributed by atoms with Crippen molar-refractivity contribution >= 4 is 24.0 Å². The largest absolute Gasteiger partial charge is 0.314 e. The third-order valence-corrected chi connectivity index (χ3v) is 2.62. The molecule has 4 nitrogen and oxygen atoms in total. The summed E-state index contributed by atoms with van der Waals surface area (Å²) in [4.78, 5) is 10.5. The Balaban J connectivity index is 0.00000112. The molecule has 1 fully saturated rings. The van der Waals surface area contributed by atoms with Gasteiger partial charge < -0.3 is 5.32 Å². The Bertz CT molecular complexity index is 302. The van der Waals surface area contributed by atoms with E-state index in [1.807, 2.05) is 0 Å². The highest BCUT2D eigenvalue weighted by atomic mass is 35.5. The first kappa shape index (κ1) is 12.6. The van der Waals surface area contributed by atoms with Crippen molar-refractivity contribution in [1.29, 1.82) is 0 Å². The Labute approximate surface area is 100 Å². The van der Waals surface area contributed by atoms with Crippen LogP contribution in [0, 0.1) is 0 Å². The molecule has 0 aromatic carbocycles. The van der Waals surface area contributed by atoms with Gasteiger partial charge in [0.05, 0.1) is 5.69 Å². The van der Waals surface area contributed by atoms with Gasteiger partial charge in [0, 0.05) is 45.1 Å². The number of hydrogen-bond donors (Lipinski definition) is 1. The lowest BCUT2D eigenvalue weighted by Gasteiger charge is -2.26. The number of rotatable bonds is 2. The molecule has 6 heteroatoms. The summed E-state index contributed by atoms with van der Waals surface area (Å²) < 4.78 is 0. The first-order valence-electron chi connectivity index (χ1n) is 4.75. The van der Waals surface area contributed by atoms with Crippen molar-refractivity contribution in [2.75, 3.05) is 26.2 Å². The highest BCUT2D eigenvalue weighted by Crippen LogP contribution is 2.11. The fourth-order valence-corrected chi connectivity index (χ4v) is 1.70. The van der Waals surface area contributed by atoms with E-state index in [4.69, 9.17) is 11.6 Å². The maximum absolute atomic E-state index is 5.93. The van der Waals surface area contributed by atoms with Crippen molar-refractivity contribution < 1.29 is 0 Å². The molecule has 0 radical (unpaired) electrons. The molecular weight excluding hydrogens is 235 g/mol. The van der Waals surface area contributed by atoms with Crippen molar-refractivity contribution in [3.05, 3.63) is 23.2 Å². The number of aromatic nitrogens is 2. The highest BCUT2D eigenvalue weighted by Gasteiger charge is 2.12. The summed E-state index contributed by atoms with van der Waals surface area (Å²) in [6.07, 6.45) is 3.30. The normalized spacial score (nSPS) is 17.1. The molecule has 2 rings (SSSR count). The van der Waals surface area contributed by atoms with Crippen LogP contribution in [0.3, 0.4) is 0 Å². The summed E-state index contributed by atoms with van der Waals surface area (Å²) in [5.41, 5.74) is 0.871. The zero-order valence-corrected chi connectivity index (χ0v) is 9.89. The Morgan fingerprint density at radius 3 is 2.60 bits per heavy atom. The monoisotopic (exact) mass is 248 g/mol. The van der Waals surface area contributed by atoms with Crippen molar-refractivity contribution in [1.82, 2.24) is 20.2 Å². The van der Waals surface area contributed by atoms with Gasteiger partial charge in [-0.1, -0.05) is 11.6 Å². The van der Waals surface area contributed by atoms with Crippen LogP contribution in [0.2, 0.25) is 5.15 Å². The van der Waals surface area contributed by atoms with Gasteiger partial charge in [0.2, 0.25) is 0 Å². The minimum Gasteiger partial charge on any atom is -0.314 e. The minimum atomic E-state index is 0. The molecule has 0 atom stereocenters. The van der Waals surface area contributed by atoms with E-state index in [-0.39, 0.29) is 12.4 Å². The highest BCUT2D eigenvalue weighted by molar-refractivity contribution is 6.29. The van der Waals surface area contributed by atoms with Crippen LogP contribution in [-0.4, -0.2) is 41.0 Å². The molecule has 1 aromatic heterocycles. The van der Waals surface area contributed by atoms with Crippen LogP contribution in [0.5, 0.6) is 0 Å². The topological polar surface area (TPSA) is 41.1 Å². The minimum absolute atomic E-state index is 0. The van der Waals surface area contributed by atoms with Gasteiger partial charge in [-0.05, 0) is 0 Å². The fourth-order valence-electron chi connectivity index (χ4n) is 1.54. The van der Waals surface area contributed by atoms with E-state index in [2.05, 4.69) is 20.2 Å². The van der Waals surface area contributed by atoms with Crippen LogP contribution in [-0.2, 0) is 6.54 Å². The summed E-state index contributed by atoms with van der Waals surface area (Å²) in [6.45, 7) is 4.98. The SMILES string of the molecule is Cl.Clc1nccnc1CN1CCNCC1. The molecule has 1 saturated heterocycles. The fraction of sp³-hybridized carbons (Fsp3) is 0.556. The van der Waals surface area contributed by atoms with Gasteiger partial charge in [-0.2, -0.15) is 0 Å². The van der Waals surface area contributed by atoms with Gasteiger partial charge in [-0.3, -0.25) is 9.88 Å². The number of nitrogens with one attached hydrogen (secondary N) is 1. The second-order valence-corrected chi connectivity index (χ2v) is 3.68. The quantitative estimate of drug-likeness (QED) is 0.847. The first-order valence-corrected chi connectivity index (χ1v) is 5.12. The molecule has 0 aliphatic carbocycles. The molecule has 84 valence electrons. The second kappa shape index (κ2) is 6.23. The lowest BCUT2D eigenvalue weighted by atomic mass is 10.3. The first-order chi connectivity index (χ1) is 6.86. The molecule has 1 aliphatic rings. The molecule has 0 spiro atoms. The summed E-state index contributed by atoms with van der Waals surface area (Å²) in [7, 11) is 0. The third-order valence-electron chi connectivity index (χ3n) is 2.31. The summed E-state index contributed by atoms with van der Waals surface area (Å²) in [6, 6.07) is 0. The maximum Gasteiger partial charge on any atom is 0.151 e. The van der Waals surface area contributed by atoms with Gasteiger partial charge >= 0.3 is 0 Å². The molecule has 1 N–H and O–H groups in total. The average Bonchev–Trinajstić information content (AvgIpc) is 2.23. The number of piperazine rings is 1. The molecule has 2 heterocycles. The number of hydrogen-bond acceptors (Lipinski definition) is 4. The van der Waals surface area contributed by atoms with Crippen LogP contribution < -0.4 is 5.32 Å². The molecule has 0 saturated carbocycles. The number of halogens is 2. The Morgan fingerprint density at radius 1 is 1.27 bits per heavy atom. The van der Waals surface area contributed by atoms with Crippen molar-refractivity contribution in [3.63, 3.8) is 0 Å². The second-order valence-electron chi connectivity index (χ2n) is 3.32. The smallest absolute Gasteiger partial charge is 0.151 e. The maximum atomic E-state index is 5.93. The Hall–Kier alpha value is -0.420. The lowest BCUT2D eigenvalue weighted by Crippen LogP contribution is -2.43. The van der Waals surface area contributed by atoms with E-state index >= 15 is 0 Å². The van der Waals surface area contributed by atoms with Gasteiger partial charge in [-0.15, -0.1) is 12.4 Å². The van der Waals surface area contributed by atoms with E-state index in [1.165, 1.54) is 0 Å². The van der Waals surface area contributed by atoms with Crippen LogP contribution in [0.15, 0.2) is 12.4 Å². The van der Waals surface area contributed by atoms with Gasteiger partial charge in [-0.25, -0.2) is 4.98 Å². The molecular formula is C9H14Cl2N4. The molecule has 15 heavy (non-hydrogen) atoms. The van der Waals surface area contributed by atoms with E-state index in [9.17, 15) is 0 Å². The summed E-state index contributed by atoms with van der Waals surface area (Å²) in [5, 5.41) is 3.82. The van der Waals surface area contributed by atoms with Gasteiger partial charge in [0.15, 0.2) is 5.15 Å². The Morgan fingerprint density at radius 2 is 1.93 bits per heavy atom. The summed E-state index contributed by atoms with van der Waals surface area (Å²) >= 11 is 5.93. The van der Waals surface area contributed by atoms with Crippen LogP contribution in [0.1, 0.15) is 5.69 Å². The molecule has 0 bridgehead atoms. The molecule has 0 unspecified atom stereocenters. The number of nitrogens with zero attached hydrogens (tertiary/aromatic N) is 3. The van der Waals surface area contributed by atoms with Crippen LogP contribution >= 0.6 is 24.0 Å². The van der Waals surface area contributed by atoms with Gasteiger partial charge in [0.25, 0.3) is 0 Å². The van der Waals surface area contributed by atoms with Crippen molar-refractivity contribution in [3.8, 4) is 0 Å². The zero-order chi connectivity index (χ0) is 9.80. The van der Waals surface area contributed by atoms with E-state index in [1.54, 1.807) is 12.4 Å².